The molecule has 14 heteroatoms. The van der Waals surface area contributed by atoms with E-state index in [9.17, 15) is 18.0 Å². The molecular weight excluding hydrogens is 484 g/mol. The number of benzene rings is 1. The van der Waals surface area contributed by atoms with Gasteiger partial charge in [0.2, 0.25) is 0 Å². The third kappa shape index (κ3) is 25.9. The summed E-state index contributed by atoms with van der Waals surface area (Å²) in [5.41, 5.74) is 0. The first-order valence-electron chi connectivity index (χ1n) is 9.97. The number of rotatable bonds is 13. The monoisotopic (exact) mass is 516 g/mol. The molecule has 0 saturated carbocycles. The summed E-state index contributed by atoms with van der Waals surface area (Å²) in [6.07, 6.45) is 8.19. The number of para-hydroxylation sites is 1. The number of aliphatic carboxylic acids is 2. The molecule has 1 aromatic carbocycles. The molecule has 0 radical (unpaired) electrons. The topological polar surface area (TPSA) is 213 Å². The number of hydrogen-bond donors (Lipinski definition) is 5. The predicted molar refractivity (Wildman–Crippen MR) is 119 cm³/mol. The lowest BCUT2D eigenvalue weighted by atomic mass is 10.1. The Balaban J connectivity index is 0. The Labute approximate surface area is 193 Å². The predicted octanol–water partition coefficient (Wildman–Crippen LogP) is 2.97. The summed E-state index contributed by atoms with van der Waals surface area (Å²) in [5, 5.41) is 13.9. The van der Waals surface area contributed by atoms with Crippen LogP contribution in [0.4, 0.5) is 0 Å². The molecule has 5 N–H and O–H groups in total. The van der Waals surface area contributed by atoms with E-state index in [4.69, 9.17) is 37.0 Å². The van der Waals surface area contributed by atoms with Crippen molar-refractivity contribution < 1.29 is 55.0 Å². The summed E-state index contributed by atoms with van der Waals surface area (Å²) in [7, 11) is -9.51. The zero-order valence-electron chi connectivity index (χ0n) is 18.2. The van der Waals surface area contributed by atoms with E-state index in [1.807, 2.05) is 30.3 Å². The van der Waals surface area contributed by atoms with Crippen LogP contribution in [0.2, 0.25) is 0 Å². The fraction of sp³-hybridized carbons (Fsp3) is 0.579. The molecule has 12 nitrogen and oxygen atoms in total. The van der Waals surface area contributed by atoms with Crippen molar-refractivity contribution in [2.24, 2.45) is 0 Å². The van der Waals surface area contributed by atoms with Crippen LogP contribution in [-0.2, 0) is 30.1 Å². The molecule has 0 aliphatic rings. The highest BCUT2D eigenvalue weighted by Crippen LogP contribution is 2.11. The smallest absolute Gasteiger partial charge is 0.394 e. The Bertz CT molecular complexity index is 859. The molecule has 1 aromatic rings. The Morgan fingerprint density at radius 3 is 1.67 bits per heavy atom. The zero-order valence-corrected chi connectivity index (χ0v) is 19.9. The van der Waals surface area contributed by atoms with Gasteiger partial charge in [-0.25, -0.2) is 0 Å². The summed E-state index contributed by atoms with van der Waals surface area (Å²) in [6.45, 7) is 3.12. The maximum Gasteiger partial charge on any atom is 0.394 e. The quantitative estimate of drug-likeness (QED) is 0.189. The highest BCUT2D eigenvalue weighted by Gasteiger charge is 2.33. The minimum absolute atomic E-state index is 0.859. The van der Waals surface area contributed by atoms with Crippen molar-refractivity contribution in [3.63, 3.8) is 0 Å². The van der Waals surface area contributed by atoms with Crippen molar-refractivity contribution in [3.05, 3.63) is 30.3 Å². The minimum Gasteiger partial charge on any atom is -0.494 e. The van der Waals surface area contributed by atoms with Gasteiger partial charge in [0.1, 0.15) is 5.75 Å². The fourth-order valence-corrected chi connectivity index (χ4v) is 2.85. The van der Waals surface area contributed by atoms with Gasteiger partial charge < -0.3 is 14.9 Å². The van der Waals surface area contributed by atoms with Gasteiger partial charge in [-0.05, 0) is 18.6 Å². The highest BCUT2D eigenvalue weighted by molar-refractivity contribution is 7.87. The largest absolute Gasteiger partial charge is 0.494 e. The lowest BCUT2D eigenvalue weighted by Crippen LogP contribution is -2.31. The van der Waals surface area contributed by atoms with Crippen LogP contribution in [-0.4, -0.2) is 64.5 Å². The standard InChI is InChI=1S/C15H24O.C4H6O7S.H2O4S/c1-2-3-4-5-6-7-11-14-16-15-12-9-8-10-13-15;5-3(6)1-2(4(7)8)12(9,10)11;1-5(2,3)4/h8-10,12-13H,2-7,11,14H2,1H3;2H,1H2,(H,5,6)(H,7,8)(H,9,10,11);(H2,1,2,3,4). The van der Waals surface area contributed by atoms with Crippen LogP contribution in [0.15, 0.2) is 30.3 Å². The van der Waals surface area contributed by atoms with Crippen molar-refractivity contribution in [1.82, 2.24) is 0 Å². The van der Waals surface area contributed by atoms with Gasteiger partial charge in [0.25, 0.3) is 10.1 Å². The molecular formula is C19H32O12S2. The van der Waals surface area contributed by atoms with Crippen molar-refractivity contribution in [1.29, 1.82) is 0 Å². The molecule has 33 heavy (non-hydrogen) atoms. The summed E-state index contributed by atoms with van der Waals surface area (Å²) >= 11 is 0. The Morgan fingerprint density at radius 1 is 0.848 bits per heavy atom. The van der Waals surface area contributed by atoms with Gasteiger partial charge in [-0.15, -0.1) is 0 Å². The van der Waals surface area contributed by atoms with Crippen molar-refractivity contribution >= 4 is 32.5 Å². The first-order chi connectivity index (χ1) is 15.2. The molecule has 0 aromatic heterocycles. The number of carboxylic acids is 2. The van der Waals surface area contributed by atoms with Crippen molar-refractivity contribution in [3.8, 4) is 5.75 Å². The van der Waals surface area contributed by atoms with Crippen LogP contribution in [0.5, 0.6) is 5.75 Å². The number of carboxylic acid groups (broad SMARTS) is 2. The van der Waals surface area contributed by atoms with Gasteiger partial charge in [0, 0.05) is 0 Å². The van der Waals surface area contributed by atoms with Crippen molar-refractivity contribution in [2.75, 3.05) is 6.61 Å². The molecule has 0 spiro atoms. The number of hydrogen-bond acceptors (Lipinski definition) is 7. The molecule has 1 atom stereocenters. The third-order valence-corrected chi connectivity index (χ3v) is 4.84. The SMILES string of the molecule is CCCCCCCCCOc1ccccc1.O=C(O)CC(C(=O)O)S(=O)(=O)O.O=S(=O)(O)O. The molecule has 0 saturated heterocycles. The van der Waals surface area contributed by atoms with Crippen LogP contribution >= 0.6 is 0 Å². The zero-order chi connectivity index (χ0) is 25.9. The number of carbonyl (C=O) groups is 2. The Kier molecular flexibility index (Phi) is 18.2. The van der Waals surface area contributed by atoms with E-state index in [0.29, 0.717) is 0 Å². The van der Waals surface area contributed by atoms with E-state index in [-0.39, 0.29) is 0 Å². The van der Waals surface area contributed by atoms with E-state index in [2.05, 4.69) is 6.92 Å². The normalized spacial score (nSPS) is 11.8. The first-order valence-corrected chi connectivity index (χ1v) is 12.9. The van der Waals surface area contributed by atoms with Crippen molar-refractivity contribution in [2.45, 2.75) is 63.5 Å². The Morgan fingerprint density at radius 2 is 1.30 bits per heavy atom. The second-order valence-corrected chi connectivity index (χ2v) is 9.17. The van der Waals surface area contributed by atoms with Crippen LogP contribution in [0.1, 0.15) is 58.3 Å². The summed E-state index contributed by atoms with van der Waals surface area (Å²) in [5.74, 6) is -2.51. The van der Waals surface area contributed by atoms with Gasteiger partial charge in [0.15, 0.2) is 5.25 Å². The van der Waals surface area contributed by atoms with E-state index in [0.717, 1.165) is 12.4 Å². The molecule has 0 aliphatic carbocycles. The molecule has 0 fully saturated rings. The molecule has 1 unspecified atom stereocenters. The second kappa shape index (κ2) is 18.2. The molecule has 1 rings (SSSR count). The molecule has 0 bridgehead atoms. The molecule has 0 aliphatic heterocycles. The van der Waals surface area contributed by atoms with Gasteiger partial charge in [-0.3, -0.25) is 23.2 Å². The lowest BCUT2D eigenvalue weighted by molar-refractivity contribution is -0.143. The second-order valence-electron chi connectivity index (χ2n) is 6.67. The van der Waals surface area contributed by atoms with Gasteiger partial charge in [-0.2, -0.15) is 16.8 Å². The lowest BCUT2D eigenvalue weighted by Gasteiger charge is -2.05. The molecule has 0 heterocycles. The number of ether oxygens (including phenoxy) is 1. The molecule has 0 amide bonds. The van der Waals surface area contributed by atoms with E-state index in [1.165, 1.54) is 44.9 Å². The van der Waals surface area contributed by atoms with Gasteiger partial charge in [-0.1, -0.05) is 63.6 Å². The highest BCUT2D eigenvalue weighted by atomic mass is 32.3. The van der Waals surface area contributed by atoms with Crippen LogP contribution in [0.25, 0.3) is 0 Å². The van der Waals surface area contributed by atoms with E-state index >= 15 is 0 Å². The maximum absolute atomic E-state index is 10.2. The summed E-state index contributed by atoms with van der Waals surface area (Å²) < 4.78 is 65.9. The minimum atomic E-state index is -4.84. The summed E-state index contributed by atoms with van der Waals surface area (Å²) in [4.78, 5) is 20.0. The van der Waals surface area contributed by atoms with Gasteiger partial charge >= 0.3 is 22.3 Å². The van der Waals surface area contributed by atoms with Gasteiger partial charge in [0.05, 0.1) is 13.0 Å². The number of unbranched alkanes of at least 4 members (excludes halogenated alkanes) is 6. The average Bonchev–Trinajstić information content (AvgIpc) is 2.67. The van der Waals surface area contributed by atoms with Crippen LogP contribution < -0.4 is 4.74 Å². The first kappa shape index (κ1) is 32.9. The van der Waals surface area contributed by atoms with Crippen LogP contribution in [0.3, 0.4) is 0 Å². The summed E-state index contributed by atoms with van der Waals surface area (Å²) in [6, 6.07) is 10.1. The van der Waals surface area contributed by atoms with E-state index < -0.39 is 44.1 Å². The van der Waals surface area contributed by atoms with E-state index in [1.54, 1.807) is 0 Å². The molecule has 192 valence electrons. The maximum atomic E-state index is 10.2. The Hall–Kier alpha value is -2.26. The third-order valence-electron chi connectivity index (χ3n) is 3.75. The average molecular weight is 517 g/mol. The van der Waals surface area contributed by atoms with Crippen LogP contribution in [0, 0.1) is 0 Å². The fourth-order valence-electron chi connectivity index (χ4n) is 2.24.